The number of amides is 1. The Balaban J connectivity index is 1.25. The summed E-state index contributed by atoms with van der Waals surface area (Å²) in [5, 5.41) is 4.77. The molecule has 1 N–H and O–H groups in total. The standard InChI is InChI=1S/C30H35FN4O3/c31-24-20-23(21-25(22-24)35-10-4-1-5-11-35)30(37)32-28-8-9-29(27-7-3-2-6-26(27)28)38-19-17-34-14-12-33(13-15-34)16-18-36/h2-3,6-9,18,20-22H,1,4-5,10-17,19H2,(H,32,37). The van der Waals surface area contributed by atoms with Gasteiger partial charge in [-0.05, 0) is 49.6 Å². The van der Waals surface area contributed by atoms with E-state index in [4.69, 9.17) is 4.74 Å². The zero-order valence-corrected chi connectivity index (χ0v) is 21.7. The highest BCUT2D eigenvalue weighted by Gasteiger charge is 2.18. The third kappa shape index (κ3) is 6.31. The van der Waals surface area contributed by atoms with Gasteiger partial charge in [0.25, 0.3) is 5.91 Å². The molecule has 0 aromatic heterocycles. The first-order valence-corrected chi connectivity index (χ1v) is 13.5. The van der Waals surface area contributed by atoms with E-state index in [1.165, 1.54) is 18.6 Å². The van der Waals surface area contributed by atoms with Crippen LogP contribution in [0.3, 0.4) is 0 Å². The van der Waals surface area contributed by atoms with E-state index in [0.29, 0.717) is 24.4 Å². The highest BCUT2D eigenvalue weighted by atomic mass is 19.1. The van der Waals surface area contributed by atoms with Gasteiger partial charge in [-0.2, -0.15) is 0 Å². The van der Waals surface area contributed by atoms with E-state index >= 15 is 0 Å². The fourth-order valence-electron chi connectivity index (χ4n) is 5.33. The zero-order chi connectivity index (χ0) is 26.3. The quantitative estimate of drug-likeness (QED) is 0.423. The number of fused-ring (bicyclic) bond motifs is 1. The lowest BCUT2D eigenvalue weighted by Crippen LogP contribution is -2.47. The van der Waals surface area contributed by atoms with Crippen molar-refractivity contribution in [1.82, 2.24) is 9.80 Å². The van der Waals surface area contributed by atoms with Crippen LogP contribution in [0, 0.1) is 5.82 Å². The molecule has 200 valence electrons. The number of ether oxygens (including phenoxy) is 1. The van der Waals surface area contributed by atoms with E-state index in [-0.39, 0.29) is 5.91 Å². The summed E-state index contributed by atoms with van der Waals surface area (Å²) in [5.41, 5.74) is 1.73. The molecule has 38 heavy (non-hydrogen) atoms. The SMILES string of the molecule is O=CCN1CCN(CCOc2ccc(NC(=O)c3cc(F)cc(N4CCCCC4)c3)c3ccccc23)CC1. The van der Waals surface area contributed by atoms with E-state index in [1.54, 1.807) is 6.07 Å². The lowest BCUT2D eigenvalue weighted by atomic mass is 10.1. The molecule has 7 nitrogen and oxygen atoms in total. The predicted molar refractivity (Wildman–Crippen MR) is 149 cm³/mol. The van der Waals surface area contributed by atoms with Crippen molar-refractivity contribution in [3.05, 3.63) is 66.0 Å². The van der Waals surface area contributed by atoms with Crippen LogP contribution in [0.2, 0.25) is 0 Å². The van der Waals surface area contributed by atoms with Crippen molar-refractivity contribution < 1.29 is 18.7 Å². The third-order valence-electron chi connectivity index (χ3n) is 7.46. The van der Waals surface area contributed by atoms with Crippen molar-refractivity contribution in [3.8, 4) is 5.75 Å². The van der Waals surface area contributed by atoms with Crippen LogP contribution in [0.4, 0.5) is 15.8 Å². The molecule has 2 heterocycles. The van der Waals surface area contributed by atoms with Gasteiger partial charge in [0.15, 0.2) is 0 Å². The average Bonchev–Trinajstić information content (AvgIpc) is 2.95. The molecule has 3 aromatic rings. The highest BCUT2D eigenvalue weighted by molar-refractivity contribution is 6.10. The molecule has 2 aliphatic heterocycles. The van der Waals surface area contributed by atoms with Gasteiger partial charge in [-0.25, -0.2) is 4.39 Å². The molecule has 8 heteroatoms. The Morgan fingerprint density at radius 3 is 2.39 bits per heavy atom. The van der Waals surface area contributed by atoms with Crippen LogP contribution in [-0.2, 0) is 4.79 Å². The number of aldehydes is 1. The van der Waals surface area contributed by atoms with E-state index in [2.05, 4.69) is 20.0 Å². The Kier molecular flexibility index (Phi) is 8.51. The largest absolute Gasteiger partial charge is 0.492 e. The lowest BCUT2D eigenvalue weighted by molar-refractivity contribution is -0.109. The first-order valence-electron chi connectivity index (χ1n) is 13.5. The van der Waals surface area contributed by atoms with Gasteiger partial charge in [0, 0.05) is 73.5 Å². The molecule has 0 saturated carbocycles. The number of piperidine rings is 1. The Morgan fingerprint density at radius 1 is 0.895 bits per heavy atom. The molecule has 2 saturated heterocycles. The minimum atomic E-state index is -0.406. The average molecular weight is 519 g/mol. The maximum atomic E-state index is 14.5. The van der Waals surface area contributed by atoms with Crippen LogP contribution >= 0.6 is 0 Å². The van der Waals surface area contributed by atoms with Crippen LogP contribution < -0.4 is 15.0 Å². The second kappa shape index (κ2) is 12.4. The van der Waals surface area contributed by atoms with Crippen molar-refractivity contribution in [2.45, 2.75) is 19.3 Å². The summed E-state index contributed by atoms with van der Waals surface area (Å²) < 4.78 is 20.6. The van der Waals surface area contributed by atoms with Gasteiger partial charge in [-0.1, -0.05) is 24.3 Å². The molecular formula is C30H35FN4O3. The molecule has 0 atom stereocenters. The van der Waals surface area contributed by atoms with Gasteiger partial charge in [0.2, 0.25) is 0 Å². The fraction of sp³-hybridized carbons (Fsp3) is 0.400. The topological polar surface area (TPSA) is 65.1 Å². The fourth-order valence-corrected chi connectivity index (χ4v) is 5.33. The Hall–Kier alpha value is -3.49. The first kappa shape index (κ1) is 26.1. The number of piperazine rings is 1. The first-order chi connectivity index (χ1) is 18.6. The van der Waals surface area contributed by atoms with E-state index in [0.717, 1.165) is 87.2 Å². The number of carbonyl (C=O) groups excluding carboxylic acids is 2. The number of anilines is 2. The normalized spacial score (nSPS) is 16.9. The highest BCUT2D eigenvalue weighted by Crippen LogP contribution is 2.32. The number of benzene rings is 3. The zero-order valence-electron chi connectivity index (χ0n) is 21.7. The van der Waals surface area contributed by atoms with E-state index in [9.17, 15) is 14.0 Å². The maximum Gasteiger partial charge on any atom is 0.255 e. The maximum absolute atomic E-state index is 14.5. The van der Waals surface area contributed by atoms with Crippen molar-refractivity contribution in [1.29, 1.82) is 0 Å². The van der Waals surface area contributed by atoms with Gasteiger partial charge < -0.3 is 19.7 Å². The molecule has 0 aliphatic carbocycles. The van der Waals surface area contributed by atoms with Crippen molar-refractivity contribution in [2.24, 2.45) is 0 Å². The van der Waals surface area contributed by atoms with Crippen LogP contribution in [0.1, 0.15) is 29.6 Å². The van der Waals surface area contributed by atoms with Gasteiger partial charge >= 0.3 is 0 Å². The monoisotopic (exact) mass is 518 g/mol. The van der Waals surface area contributed by atoms with Crippen LogP contribution in [-0.4, -0.2) is 81.0 Å². The summed E-state index contributed by atoms with van der Waals surface area (Å²) in [6, 6.07) is 16.1. The molecule has 0 unspecified atom stereocenters. The molecule has 0 bridgehead atoms. The van der Waals surface area contributed by atoms with Crippen molar-refractivity contribution >= 4 is 34.3 Å². The molecule has 0 spiro atoms. The van der Waals surface area contributed by atoms with E-state index in [1.807, 2.05) is 36.4 Å². The van der Waals surface area contributed by atoms with Gasteiger partial charge in [-0.3, -0.25) is 14.6 Å². The summed E-state index contributed by atoms with van der Waals surface area (Å²) in [7, 11) is 0. The number of carbonyl (C=O) groups is 2. The molecule has 2 aliphatic rings. The van der Waals surface area contributed by atoms with Crippen LogP contribution in [0.25, 0.3) is 10.8 Å². The summed E-state index contributed by atoms with van der Waals surface area (Å²) in [5.74, 6) is 0.0172. The molecule has 5 rings (SSSR count). The Bertz CT molecular complexity index is 1270. The Morgan fingerprint density at radius 2 is 1.63 bits per heavy atom. The number of halogens is 1. The molecule has 0 radical (unpaired) electrons. The molecular weight excluding hydrogens is 483 g/mol. The summed E-state index contributed by atoms with van der Waals surface area (Å²) in [6.45, 7) is 7.23. The number of nitrogens with one attached hydrogen (secondary N) is 1. The smallest absolute Gasteiger partial charge is 0.255 e. The molecule has 1 amide bonds. The van der Waals surface area contributed by atoms with Crippen LogP contribution in [0.15, 0.2) is 54.6 Å². The Labute approximate surface area is 223 Å². The second-order valence-electron chi connectivity index (χ2n) is 10.0. The number of hydrogen-bond donors (Lipinski definition) is 1. The predicted octanol–water partition coefficient (Wildman–Crippen LogP) is 4.42. The van der Waals surface area contributed by atoms with Gasteiger partial charge in [0.1, 0.15) is 24.5 Å². The lowest BCUT2D eigenvalue weighted by Gasteiger charge is -2.33. The van der Waals surface area contributed by atoms with E-state index < -0.39 is 5.82 Å². The number of nitrogens with zero attached hydrogens (tertiary/aromatic N) is 3. The minimum Gasteiger partial charge on any atom is -0.492 e. The third-order valence-corrected chi connectivity index (χ3v) is 7.46. The number of rotatable bonds is 9. The number of hydrogen-bond acceptors (Lipinski definition) is 6. The van der Waals surface area contributed by atoms with Crippen molar-refractivity contribution in [3.63, 3.8) is 0 Å². The van der Waals surface area contributed by atoms with Crippen molar-refractivity contribution in [2.75, 3.05) is 69.2 Å². The van der Waals surface area contributed by atoms with Gasteiger partial charge in [0.05, 0.1) is 6.54 Å². The second-order valence-corrected chi connectivity index (χ2v) is 10.0. The van der Waals surface area contributed by atoms with Gasteiger partial charge in [-0.15, -0.1) is 0 Å². The summed E-state index contributed by atoms with van der Waals surface area (Å²) in [6.07, 6.45) is 4.30. The summed E-state index contributed by atoms with van der Waals surface area (Å²) in [4.78, 5) is 30.5. The minimum absolute atomic E-state index is 0.309. The van der Waals surface area contributed by atoms with Crippen LogP contribution in [0.5, 0.6) is 5.75 Å². The summed E-state index contributed by atoms with van der Waals surface area (Å²) >= 11 is 0. The molecule has 2 fully saturated rings. The molecule has 3 aromatic carbocycles.